The van der Waals surface area contributed by atoms with Crippen LogP contribution < -0.4 is 4.74 Å². The molecule has 2 aliphatic heterocycles. The number of fused-ring (bicyclic) bond motifs is 4. The molecule has 0 spiro atoms. The van der Waals surface area contributed by atoms with E-state index in [1.165, 1.54) is 0 Å². The Morgan fingerprint density at radius 1 is 1.06 bits per heavy atom. The molecular formula is C23H21BrCl2N2O7. The maximum atomic E-state index is 13.6. The van der Waals surface area contributed by atoms with Gasteiger partial charge in [0.05, 0.1) is 23.9 Å². The van der Waals surface area contributed by atoms with Crippen LogP contribution in [0.1, 0.15) is 24.3 Å². The molecule has 0 radical (unpaired) electrons. The maximum absolute atomic E-state index is 13.6. The lowest BCUT2D eigenvalue weighted by Gasteiger charge is -2.50. The maximum Gasteiger partial charge on any atom is 0.257 e. The Kier molecular flexibility index (Phi) is 6.04. The van der Waals surface area contributed by atoms with Crippen molar-refractivity contribution in [2.24, 2.45) is 17.8 Å². The van der Waals surface area contributed by atoms with Gasteiger partial charge in [-0.05, 0) is 36.5 Å². The summed E-state index contributed by atoms with van der Waals surface area (Å²) in [6.45, 7) is -0.0566. The quantitative estimate of drug-likeness (QED) is 0.178. The van der Waals surface area contributed by atoms with Gasteiger partial charge in [0.15, 0.2) is 9.75 Å². The molecule has 0 aromatic heterocycles. The van der Waals surface area contributed by atoms with Crippen molar-refractivity contribution in [3.05, 3.63) is 41.5 Å². The lowest BCUT2D eigenvalue weighted by atomic mass is 9.56. The number of ether oxygens (including phenoxy) is 1. The van der Waals surface area contributed by atoms with Crippen molar-refractivity contribution >= 4 is 62.8 Å². The van der Waals surface area contributed by atoms with Gasteiger partial charge in [0.1, 0.15) is 12.4 Å². The van der Waals surface area contributed by atoms with Crippen molar-refractivity contribution in [2.75, 3.05) is 18.7 Å². The number of imide groups is 2. The average Bonchev–Trinajstić information content (AvgIpc) is 3.16. The highest BCUT2D eigenvalue weighted by atomic mass is 79.9. The molecule has 4 amide bonds. The predicted molar refractivity (Wildman–Crippen MR) is 126 cm³/mol. The number of benzene rings is 1. The molecule has 3 fully saturated rings. The molecule has 4 aliphatic rings. The Hall–Kier alpha value is -1.98. The van der Waals surface area contributed by atoms with E-state index in [2.05, 4.69) is 15.9 Å². The third kappa shape index (κ3) is 3.20. The molecule has 2 saturated heterocycles. The highest BCUT2D eigenvalue weighted by molar-refractivity contribution is 9.09. The van der Waals surface area contributed by atoms with E-state index in [-0.39, 0.29) is 36.6 Å². The lowest BCUT2D eigenvalue weighted by Crippen LogP contribution is -2.60. The van der Waals surface area contributed by atoms with Crippen LogP contribution in [0.5, 0.6) is 5.75 Å². The highest BCUT2D eigenvalue weighted by Crippen LogP contribution is 2.65. The molecular weight excluding hydrogens is 567 g/mol. The summed E-state index contributed by atoms with van der Waals surface area (Å²) in [5.41, 5.74) is 1.10. The number of carbonyl (C=O) groups excluding carboxylic acids is 4. The number of likely N-dealkylation sites (tertiary alicyclic amines) is 1. The van der Waals surface area contributed by atoms with Crippen LogP contribution in [0.4, 0.5) is 0 Å². The number of hydroxylamine groups is 2. The van der Waals surface area contributed by atoms with Crippen LogP contribution in [0.15, 0.2) is 35.9 Å². The molecule has 1 aromatic carbocycles. The van der Waals surface area contributed by atoms with Gasteiger partial charge in [0.2, 0.25) is 0 Å². The van der Waals surface area contributed by atoms with Gasteiger partial charge in [-0.25, -0.2) is 0 Å². The Labute approximate surface area is 218 Å². The average molecular weight is 588 g/mol. The molecule has 5 rings (SSSR count). The standard InChI is InChI=1S/C23H21BrCl2N2O7/c24-10-27-20(32)22(25)9-15-13(5-6-14-16(15)19(31)28(34)18(14)30)17(23(22,26)21(27)33)11-1-3-12(4-2-11)35-8-7-29/h1-5,14-17,29,34H,6-10H2. The van der Waals surface area contributed by atoms with Crippen LogP contribution in [-0.4, -0.2) is 72.3 Å². The van der Waals surface area contributed by atoms with Gasteiger partial charge >= 0.3 is 0 Å². The molecule has 1 aromatic rings. The van der Waals surface area contributed by atoms with Gasteiger partial charge in [-0.2, -0.15) is 5.06 Å². The second kappa shape index (κ2) is 8.55. The van der Waals surface area contributed by atoms with Gasteiger partial charge in [-0.15, -0.1) is 23.2 Å². The highest BCUT2D eigenvalue weighted by Gasteiger charge is 2.76. The molecule has 186 valence electrons. The van der Waals surface area contributed by atoms with Gasteiger partial charge in [-0.1, -0.05) is 39.7 Å². The minimum atomic E-state index is -1.88. The molecule has 0 bridgehead atoms. The van der Waals surface area contributed by atoms with Crippen LogP contribution in [0.2, 0.25) is 0 Å². The zero-order chi connectivity index (χ0) is 25.3. The summed E-state index contributed by atoms with van der Waals surface area (Å²) in [5.74, 6) is -5.56. The first-order valence-electron chi connectivity index (χ1n) is 11.0. The second-order valence-corrected chi connectivity index (χ2v) is 10.9. The van der Waals surface area contributed by atoms with Crippen molar-refractivity contribution in [2.45, 2.75) is 28.5 Å². The summed E-state index contributed by atoms with van der Waals surface area (Å²) in [4.78, 5) is 49.6. The largest absolute Gasteiger partial charge is 0.491 e. The SMILES string of the molecule is O=C1C2CC=C3C(CC4(Cl)C(=O)N(CBr)C(=O)C4(Cl)C3c3ccc(OCCO)cc3)C2C(=O)N1O. The number of rotatable bonds is 5. The minimum absolute atomic E-state index is 0.101. The number of aliphatic hydroxyl groups excluding tert-OH is 1. The fraction of sp³-hybridized carbons (Fsp3) is 0.478. The Morgan fingerprint density at radius 2 is 1.74 bits per heavy atom. The van der Waals surface area contributed by atoms with E-state index in [0.29, 0.717) is 16.9 Å². The van der Waals surface area contributed by atoms with E-state index in [4.69, 9.17) is 33.0 Å². The molecule has 6 atom stereocenters. The first kappa shape index (κ1) is 24.7. The van der Waals surface area contributed by atoms with Crippen molar-refractivity contribution in [3.8, 4) is 5.75 Å². The molecule has 1 saturated carbocycles. The van der Waals surface area contributed by atoms with E-state index in [0.717, 1.165) is 4.90 Å². The summed E-state index contributed by atoms with van der Waals surface area (Å²) in [6, 6.07) is 6.70. The molecule has 2 N–H and O–H groups in total. The molecule has 2 heterocycles. The summed E-state index contributed by atoms with van der Waals surface area (Å²) in [7, 11) is 0. The van der Waals surface area contributed by atoms with Gasteiger partial charge in [-0.3, -0.25) is 29.3 Å². The van der Waals surface area contributed by atoms with Crippen LogP contribution in [0.3, 0.4) is 0 Å². The van der Waals surface area contributed by atoms with E-state index in [1.807, 2.05) is 0 Å². The van der Waals surface area contributed by atoms with E-state index in [1.54, 1.807) is 30.3 Å². The number of alkyl halides is 3. The summed E-state index contributed by atoms with van der Waals surface area (Å²) < 4.78 is 5.43. The van der Waals surface area contributed by atoms with Crippen molar-refractivity contribution in [3.63, 3.8) is 0 Å². The summed E-state index contributed by atoms with van der Waals surface area (Å²) >= 11 is 17.3. The van der Waals surface area contributed by atoms with Gasteiger partial charge < -0.3 is 9.84 Å². The zero-order valence-electron chi connectivity index (χ0n) is 18.2. The predicted octanol–water partition coefficient (Wildman–Crippen LogP) is 2.16. The van der Waals surface area contributed by atoms with Crippen molar-refractivity contribution in [1.29, 1.82) is 0 Å². The van der Waals surface area contributed by atoms with Crippen LogP contribution >= 0.6 is 39.1 Å². The van der Waals surface area contributed by atoms with E-state index < -0.39 is 57.0 Å². The van der Waals surface area contributed by atoms with Crippen molar-refractivity contribution < 1.29 is 34.2 Å². The normalized spacial score (nSPS) is 36.2. The number of halogens is 3. The summed E-state index contributed by atoms with van der Waals surface area (Å²) in [6.07, 6.45) is 1.82. The minimum Gasteiger partial charge on any atom is -0.491 e. The molecule has 9 nitrogen and oxygen atoms in total. The second-order valence-electron chi connectivity index (χ2n) is 9.12. The smallest absolute Gasteiger partial charge is 0.257 e. The first-order valence-corrected chi connectivity index (χ1v) is 12.9. The molecule has 2 aliphatic carbocycles. The molecule has 12 heteroatoms. The molecule has 6 unspecified atom stereocenters. The number of nitrogens with zero attached hydrogens (tertiary/aromatic N) is 2. The fourth-order valence-electron chi connectivity index (χ4n) is 6.03. The number of amides is 4. The van der Waals surface area contributed by atoms with Crippen LogP contribution in [-0.2, 0) is 19.2 Å². The Bertz CT molecular complexity index is 1160. The Balaban J connectivity index is 1.67. The van der Waals surface area contributed by atoms with Crippen LogP contribution in [0.25, 0.3) is 0 Å². The van der Waals surface area contributed by atoms with E-state index >= 15 is 0 Å². The number of aliphatic hydroxyl groups is 1. The monoisotopic (exact) mass is 586 g/mol. The number of allylic oxidation sites excluding steroid dienone is 2. The van der Waals surface area contributed by atoms with Crippen molar-refractivity contribution in [1.82, 2.24) is 9.96 Å². The number of hydrogen-bond donors (Lipinski definition) is 2. The number of carbonyl (C=O) groups is 4. The third-order valence-electron chi connectivity index (χ3n) is 7.56. The summed E-state index contributed by atoms with van der Waals surface area (Å²) in [5, 5.41) is 19.2. The Morgan fingerprint density at radius 3 is 2.37 bits per heavy atom. The van der Waals surface area contributed by atoms with E-state index in [9.17, 15) is 24.4 Å². The fourth-order valence-corrected chi connectivity index (χ4v) is 7.46. The molecule has 35 heavy (non-hydrogen) atoms. The van der Waals surface area contributed by atoms with Gasteiger partial charge in [0.25, 0.3) is 23.6 Å². The third-order valence-corrected chi connectivity index (χ3v) is 9.48. The first-order chi connectivity index (χ1) is 16.6. The van der Waals surface area contributed by atoms with Crippen LogP contribution in [0, 0.1) is 17.8 Å². The zero-order valence-corrected chi connectivity index (χ0v) is 21.3. The topological polar surface area (TPSA) is 124 Å². The lowest BCUT2D eigenvalue weighted by molar-refractivity contribution is -0.173. The van der Waals surface area contributed by atoms with Gasteiger partial charge in [0, 0.05) is 5.92 Å². The number of hydrogen-bond acceptors (Lipinski definition) is 7.